The second kappa shape index (κ2) is 31.1. The lowest BCUT2D eigenvalue weighted by Gasteiger charge is -2.18. The number of rotatable bonds is 23. The van der Waals surface area contributed by atoms with E-state index in [-0.39, 0.29) is 42.7 Å². The lowest BCUT2D eigenvalue weighted by Crippen LogP contribution is -2.31. The fraction of sp³-hybridized carbons (Fsp3) is 0.409. The van der Waals surface area contributed by atoms with Gasteiger partial charge in [-0.1, -0.05) is 31.9 Å². The maximum absolute atomic E-state index is 13.2. The first-order valence-corrected chi connectivity index (χ1v) is 31.9. The lowest BCUT2D eigenvalue weighted by molar-refractivity contribution is -0.130. The van der Waals surface area contributed by atoms with Crippen LogP contribution in [0, 0.1) is 41.5 Å². The number of ether oxygens (including phenoxy) is 2. The molecule has 0 radical (unpaired) electrons. The van der Waals surface area contributed by atoms with Crippen molar-refractivity contribution in [2.75, 3.05) is 63.1 Å². The number of fused-ring (bicyclic) bond motifs is 3. The normalized spacial score (nSPS) is 11.1. The van der Waals surface area contributed by atoms with Crippen LogP contribution in [0.5, 0.6) is 17.2 Å². The quantitative estimate of drug-likeness (QED) is 0.0472. The number of halogens is 2. The first-order chi connectivity index (χ1) is 41.4. The van der Waals surface area contributed by atoms with Crippen LogP contribution >= 0.6 is 31.9 Å². The van der Waals surface area contributed by atoms with Crippen molar-refractivity contribution in [2.45, 2.75) is 115 Å². The van der Waals surface area contributed by atoms with Crippen LogP contribution in [-0.4, -0.2) is 144 Å². The van der Waals surface area contributed by atoms with E-state index in [1.807, 2.05) is 186 Å². The molecule has 0 atom stereocenters. The highest BCUT2D eigenvalue weighted by molar-refractivity contribution is 9.09. The smallest absolute Gasteiger partial charge is 0.227 e. The number of aromatic hydroxyl groups is 1. The molecule has 0 aliphatic heterocycles. The van der Waals surface area contributed by atoms with E-state index in [9.17, 15) is 19.5 Å². The number of carbonyl (C=O) groups is 3. The van der Waals surface area contributed by atoms with Crippen LogP contribution in [0.1, 0.15) is 105 Å². The van der Waals surface area contributed by atoms with E-state index in [2.05, 4.69) is 36.8 Å². The van der Waals surface area contributed by atoms with E-state index in [0.29, 0.717) is 75.8 Å². The highest BCUT2D eigenvalue weighted by Gasteiger charge is 2.25. The van der Waals surface area contributed by atoms with Crippen molar-refractivity contribution in [3.8, 4) is 51.0 Å². The minimum absolute atomic E-state index is 0.0583. The highest BCUT2D eigenvalue weighted by Crippen LogP contribution is 2.32. The predicted molar refractivity (Wildman–Crippen MR) is 348 cm³/mol. The molecule has 86 heavy (non-hydrogen) atoms. The first kappa shape index (κ1) is 65.8. The number of aromatic nitrogens is 9. The summed E-state index contributed by atoms with van der Waals surface area (Å²) in [6, 6.07) is 28.5. The molecule has 9 aromatic rings. The van der Waals surface area contributed by atoms with Crippen molar-refractivity contribution in [3.63, 3.8) is 0 Å². The molecule has 0 fully saturated rings. The number of alkyl halides is 2. The van der Waals surface area contributed by atoms with Crippen LogP contribution < -0.4 is 9.47 Å². The number of hydrogen-bond donors (Lipinski definition) is 1. The van der Waals surface area contributed by atoms with Gasteiger partial charge < -0.3 is 29.3 Å². The van der Waals surface area contributed by atoms with Crippen molar-refractivity contribution in [2.24, 2.45) is 0 Å². The monoisotopic (exact) mass is 1300 g/mol. The van der Waals surface area contributed by atoms with E-state index in [0.717, 1.165) is 107 Å². The highest BCUT2D eigenvalue weighted by atomic mass is 79.9. The van der Waals surface area contributed by atoms with E-state index >= 15 is 0 Å². The molecule has 9 rings (SSSR count). The average molecular weight is 1300 g/mol. The molecular weight excluding hydrogens is 1220 g/mol. The molecule has 0 saturated carbocycles. The summed E-state index contributed by atoms with van der Waals surface area (Å²) in [4.78, 5) is 58.8. The number of nitrogens with zero attached hydrogens (tertiary/aromatic N) is 12. The Morgan fingerprint density at radius 2 is 0.721 bits per heavy atom. The summed E-state index contributed by atoms with van der Waals surface area (Å²) < 4.78 is 17.6. The molecule has 0 saturated heterocycles. The molecule has 20 heteroatoms. The molecule has 6 heterocycles. The number of hydrogen-bond acceptors (Lipinski definition) is 12. The summed E-state index contributed by atoms with van der Waals surface area (Å²) in [5, 5.41) is 26.3. The molecule has 0 bridgehead atoms. The van der Waals surface area contributed by atoms with Gasteiger partial charge in [-0.15, -0.1) is 0 Å². The van der Waals surface area contributed by atoms with Gasteiger partial charge in [0, 0.05) is 124 Å². The maximum atomic E-state index is 13.2. The number of phenolic OH excluding ortho intramolecular Hbond substituents is 1. The molecule has 6 aromatic heterocycles. The molecule has 3 aromatic carbocycles. The van der Waals surface area contributed by atoms with Crippen molar-refractivity contribution >= 4 is 66.5 Å². The summed E-state index contributed by atoms with van der Waals surface area (Å²) in [5.74, 6) is 1.86. The Hall–Kier alpha value is -7.71. The molecule has 0 aliphatic carbocycles. The second-order valence-corrected chi connectivity index (χ2v) is 22.5. The van der Waals surface area contributed by atoms with Crippen molar-refractivity contribution in [1.29, 1.82) is 0 Å². The van der Waals surface area contributed by atoms with Crippen molar-refractivity contribution in [3.05, 3.63) is 142 Å². The fourth-order valence-corrected chi connectivity index (χ4v) is 11.6. The van der Waals surface area contributed by atoms with Crippen LogP contribution in [0.3, 0.4) is 0 Å². The molecular formula is C66H82Br2N12O6. The molecule has 18 nitrogen and oxygen atoms in total. The topological polar surface area (TPSA) is 190 Å². The Labute approximate surface area is 522 Å². The van der Waals surface area contributed by atoms with Gasteiger partial charge in [0.2, 0.25) is 17.7 Å². The van der Waals surface area contributed by atoms with Crippen LogP contribution in [-0.2, 0) is 33.6 Å². The van der Waals surface area contributed by atoms with Crippen LogP contribution in [0.4, 0.5) is 0 Å². The van der Waals surface area contributed by atoms with Gasteiger partial charge in [0.25, 0.3) is 0 Å². The molecule has 1 N–H and O–H groups in total. The van der Waals surface area contributed by atoms with Gasteiger partial charge in [-0.05, 0) is 181 Å². The van der Waals surface area contributed by atoms with Crippen LogP contribution in [0.2, 0.25) is 0 Å². The zero-order valence-corrected chi connectivity index (χ0v) is 55.0. The molecule has 3 amide bonds. The summed E-state index contributed by atoms with van der Waals surface area (Å²) in [7, 11) is 0. The molecule has 456 valence electrons. The minimum Gasteiger partial charge on any atom is -0.508 e. The van der Waals surface area contributed by atoms with E-state index in [4.69, 9.17) is 34.7 Å². The van der Waals surface area contributed by atoms with Gasteiger partial charge >= 0.3 is 0 Å². The third-order valence-electron chi connectivity index (χ3n) is 14.8. The summed E-state index contributed by atoms with van der Waals surface area (Å²) in [6.45, 7) is 28.7. The molecule has 0 aliphatic rings. The third kappa shape index (κ3) is 16.0. The van der Waals surface area contributed by atoms with E-state index < -0.39 is 0 Å². The van der Waals surface area contributed by atoms with Crippen molar-refractivity contribution in [1.82, 2.24) is 58.5 Å². The first-order valence-electron chi connectivity index (χ1n) is 29.7. The standard InChI is InChI=1S/C43H52N8O4.C20H24N4O2.C3H6Br2/c1-9-48(10-2)38(52)26-36-40(46-50-30(7)24-28(5)44-42(36)50)32-14-18-34(19-15-32)54-22-13-23-55-35-20-16-33(17-21-35)41-37(27-39(53)49(11-3)12-4)43-45-29(6)25-31(8)51(43)47-41;1-5-23(6-2)18(26)12-17-19(15-7-9-16(25)10-8-15)22-24-14(4)11-13(3)21-20(17)24;4-2-1-3-5/h14-21,24-25H,9-13,22-23,26-27H2,1-8H3;7-11,25H,5-6,12H2,1-4H3;1-3H2. The average Bonchev–Trinajstić information content (AvgIpc) is 1.90. The van der Waals surface area contributed by atoms with Crippen LogP contribution in [0.25, 0.3) is 50.7 Å². The van der Waals surface area contributed by atoms with Gasteiger partial charge in [-0.3, -0.25) is 14.4 Å². The summed E-state index contributed by atoms with van der Waals surface area (Å²) in [6.07, 6.45) is 2.62. The Balaban J connectivity index is 0.000000282. The largest absolute Gasteiger partial charge is 0.508 e. The Morgan fingerprint density at radius 1 is 0.442 bits per heavy atom. The number of aryl methyl sites for hydroxylation is 6. The zero-order valence-electron chi connectivity index (χ0n) is 51.9. The summed E-state index contributed by atoms with van der Waals surface area (Å²) in [5.41, 5.74) is 15.1. The SMILES string of the molecule is BrCCCBr.CCN(CC)C(=O)Cc1c(-c2ccc(O)cc2)nn2c(C)cc(C)nc12.CCN(CC)C(=O)Cc1c(-c2ccc(OCCCOc3ccc(-c4nn5c(C)cc(C)nc5c4CC(=O)N(CC)CC)cc3)cc2)nn2c(C)cc(C)nc12. The molecule has 0 unspecified atom stereocenters. The number of carbonyl (C=O) groups excluding carboxylic acids is 3. The second-order valence-electron chi connectivity index (χ2n) is 20.9. The number of phenols is 1. The fourth-order valence-electron chi connectivity index (χ4n) is 10.3. The van der Waals surface area contributed by atoms with Crippen molar-refractivity contribution < 1.29 is 29.0 Å². The van der Waals surface area contributed by atoms with E-state index in [1.165, 1.54) is 6.42 Å². The Morgan fingerprint density at radius 3 is 0.977 bits per heavy atom. The van der Waals surface area contributed by atoms with Crippen LogP contribution in [0.15, 0.2) is 91.0 Å². The maximum Gasteiger partial charge on any atom is 0.227 e. The third-order valence-corrected chi connectivity index (χ3v) is 15.9. The Bertz CT molecular complexity index is 3570. The number of benzene rings is 3. The minimum atomic E-state index is 0.0583. The van der Waals surface area contributed by atoms with Gasteiger partial charge in [-0.25, -0.2) is 28.5 Å². The predicted octanol–water partition coefficient (Wildman–Crippen LogP) is 12.3. The van der Waals surface area contributed by atoms with Gasteiger partial charge in [0.1, 0.15) is 17.2 Å². The summed E-state index contributed by atoms with van der Waals surface area (Å²) >= 11 is 6.56. The van der Waals surface area contributed by atoms with Gasteiger partial charge in [0.05, 0.1) is 49.6 Å². The molecule has 0 spiro atoms. The van der Waals surface area contributed by atoms with Gasteiger partial charge in [0.15, 0.2) is 16.9 Å². The van der Waals surface area contributed by atoms with E-state index in [1.54, 1.807) is 16.6 Å². The number of likely N-dealkylation sites (N-methyl/N-ethyl adjacent to an activating group) is 3. The lowest BCUT2D eigenvalue weighted by atomic mass is 10.0. The number of amides is 3. The zero-order chi connectivity index (χ0) is 62.2. The van der Waals surface area contributed by atoms with Gasteiger partial charge in [-0.2, -0.15) is 15.3 Å². The Kier molecular flexibility index (Phi) is 23.8.